The van der Waals surface area contributed by atoms with Gasteiger partial charge < -0.3 is 0 Å². The molecule has 0 heterocycles. The van der Waals surface area contributed by atoms with E-state index in [4.69, 9.17) is 0 Å². The minimum absolute atomic E-state index is 0.00607. The highest BCUT2D eigenvalue weighted by molar-refractivity contribution is 9.10. The number of hydrogen-bond donors (Lipinski definition) is 1. The van der Waals surface area contributed by atoms with E-state index in [0.29, 0.717) is 0 Å². The van der Waals surface area contributed by atoms with Crippen LogP contribution in [0.25, 0.3) is 0 Å². The Morgan fingerprint density at radius 3 is 2.56 bits per heavy atom. The molecular weight excluding hydrogens is 398 g/mol. The number of fused-ring (bicyclic) bond motifs is 1. The third kappa shape index (κ3) is 4.93. The second-order valence-corrected chi connectivity index (χ2v) is 9.37. The molecule has 0 unspecified atom stereocenters. The van der Waals surface area contributed by atoms with Crippen LogP contribution in [0.15, 0.2) is 46.9 Å². The number of halogens is 1. The Morgan fingerprint density at radius 1 is 1.08 bits per heavy atom. The number of sulfonamides is 1. The molecular formula is C20H24BrNO2S. The van der Waals surface area contributed by atoms with Crippen LogP contribution in [0.2, 0.25) is 0 Å². The lowest BCUT2D eigenvalue weighted by Gasteiger charge is -2.21. The van der Waals surface area contributed by atoms with E-state index >= 15 is 0 Å². The summed E-state index contributed by atoms with van der Waals surface area (Å²) in [5.41, 5.74) is 4.65. The number of benzene rings is 2. The SMILES string of the molecule is CC[C@@H](NS(=O)(=O)Cc1cccc(Br)c1)c1ccc2c(c1)CCCC2. The van der Waals surface area contributed by atoms with Gasteiger partial charge in [0.15, 0.2) is 0 Å². The Hall–Kier alpha value is -1.17. The maximum Gasteiger partial charge on any atom is 0.216 e. The van der Waals surface area contributed by atoms with Crippen LogP contribution in [0.1, 0.15) is 54.5 Å². The van der Waals surface area contributed by atoms with Crippen LogP contribution in [0, 0.1) is 0 Å². The van der Waals surface area contributed by atoms with Gasteiger partial charge in [0.05, 0.1) is 5.75 Å². The second-order valence-electron chi connectivity index (χ2n) is 6.70. The Labute approximate surface area is 159 Å². The Morgan fingerprint density at radius 2 is 1.84 bits per heavy atom. The fourth-order valence-corrected chi connectivity index (χ4v) is 5.35. The molecule has 2 aromatic rings. The van der Waals surface area contributed by atoms with E-state index in [-0.39, 0.29) is 11.8 Å². The predicted octanol–water partition coefficient (Wildman–Crippen LogP) is 4.90. The summed E-state index contributed by atoms with van der Waals surface area (Å²) >= 11 is 3.39. The van der Waals surface area contributed by atoms with E-state index in [1.54, 1.807) is 0 Å². The van der Waals surface area contributed by atoms with Gasteiger partial charge in [-0.15, -0.1) is 0 Å². The topological polar surface area (TPSA) is 46.2 Å². The summed E-state index contributed by atoms with van der Waals surface area (Å²) in [4.78, 5) is 0. The van der Waals surface area contributed by atoms with Crippen molar-refractivity contribution < 1.29 is 8.42 Å². The van der Waals surface area contributed by atoms with E-state index in [2.05, 4.69) is 38.9 Å². The third-order valence-corrected chi connectivity index (χ3v) is 6.60. The Kier molecular flexibility index (Phi) is 5.97. The third-order valence-electron chi connectivity index (χ3n) is 4.75. The summed E-state index contributed by atoms with van der Waals surface area (Å²) < 4.78 is 29.0. The molecule has 3 rings (SSSR count). The van der Waals surface area contributed by atoms with Crippen molar-refractivity contribution in [1.82, 2.24) is 4.72 Å². The zero-order chi connectivity index (χ0) is 17.9. The summed E-state index contributed by atoms with van der Waals surface area (Å²) in [5.74, 6) is -0.00607. The van der Waals surface area contributed by atoms with Crippen molar-refractivity contribution in [2.45, 2.75) is 50.8 Å². The van der Waals surface area contributed by atoms with Gasteiger partial charge in [-0.3, -0.25) is 0 Å². The molecule has 0 amide bonds. The van der Waals surface area contributed by atoms with Gasteiger partial charge in [-0.1, -0.05) is 53.2 Å². The fraction of sp³-hybridized carbons (Fsp3) is 0.400. The van der Waals surface area contributed by atoms with Crippen molar-refractivity contribution in [3.8, 4) is 0 Å². The first kappa shape index (κ1) is 18.6. The van der Waals surface area contributed by atoms with Crippen LogP contribution in [0.4, 0.5) is 0 Å². The monoisotopic (exact) mass is 421 g/mol. The molecule has 0 aromatic heterocycles. The van der Waals surface area contributed by atoms with E-state index in [0.717, 1.165) is 34.9 Å². The van der Waals surface area contributed by atoms with Gasteiger partial charge in [-0.05, 0) is 66.5 Å². The molecule has 0 radical (unpaired) electrons. The molecule has 1 N–H and O–H groups in total. The van der Waals surface area contributed by atoms with E-state index in [9.17, 15) is 8.42 Å². The molecule has 1 aliphatic rings. The zero-order valence-corrected chi connectivity index (χ0v) is 16.9. The quantitative estimate of drug-likeness (QED) is 0.720. The minimum atomic E-state index is -3.40. The Balaban J connectivity index is 1.77. The summed E-state index contributed by atoms with van der Waals surface area (Å²) in [6.07, 6.45) is 5.45. The van der Waals surface area contributed by atoms with Crippen LogP contribution in [-0.2, 0) is 28.6 Å². The molecule has 0 fully saturated rings. The van der Waals surface area contributed by atoms with Crippen LogP contribution >= 0.6 is 15.9 Å². The molecule has 0 spiro atoms. The summed E-state index contributed by atoms with van der Waals surface area (Å²) in [6.45, 7) is 2.02. The van der Waals surface area contributed by atoms with Gasteiger partial charge in [0, 0.05) is 10.5 Å². The number of nitrogens with one attached hydrogen (secondary N) is 1. The smallest absolute Gasteiger partial charge is 0.212 e. The first-order valence-corrected chi connectivity index (χ1v) is 11.3. The van der Waals surface area contributed by atoms with Crippen LogP contribution < -0.4 is 4.72 Å². The molecule has 134 valence electrons. The lowest BCUT2D eigenvalue weighted by molar-refractivity contribution is 0.548. The highest BCUT2D eigenvalue weighted by Crippen LogP contribution is 2.26. The second kappa shape index (κ2) is 8.02. The number of hydrogen-bond acceptors (Lipinski definition) is 2. The first-order valence-electron chi connectivity index (χ1n) is 8.83. The molecule has 1 atom stereocenters. The van der Waals surface area contributed by atoms with E-state index < -0.39 is 10.0 Å². The summed E-state index contributed by atoms with van der Waals surface area (Å²) in [6, 6.07) is 13.7. The van der Waals surface area contributed by atoms with Gasteiger partial charge >= 0.3 is 0 Å². The normalized spacial score (nSPS) is 15.6. The van der Waals surface area contributed by atoms with Crippen LogP contribution in [0.5, 0.6) is 0 Å². The lowest BCUT2D eigenvalue weighted by atomic mass is 9.89. The largest absolute Gasteiger partial charge is 0.216 e. The lowest BCUT2D eigenvalue weighted by Crippen LogP contribution is -2.29. The Bertz CT molecular complexity index is 849. The fourth-order valence-electron chi connectivity index (χ4n) is 3.46. The molecule has 3 nitrogen and oxygen atoms in total. The molecule has 0 saturated carbocycles. The number of rotatable bonds is 6. The highest BCUT2D eigenvalue weighted by atomic mass is 79.9. The van der Waals surface area contributed by atoms with Gasteiger partial charge in [0.1, 0.15) is 0 Å². The van der Waals surface area contributed by atoms with E-state index in [1.807, 2.05) is 31.2 Å². The van der Waals surface area contributed by atoms with Crippen molar-refractivity contribution in [3.05, 3.63) is 69.2 Å². The van der Waals surface area contributed by atoms with Crippen molar-refractivity contribution in [1.29, 1.82) is 0 Å². The molecule has 5 heteroatoms. The van der Waals surface area contributed by atoms with Gasteiger partial charge in [-0.2, -0.15) is 0 Å². The van der Waals surface area contributed by atoms with Crippen molar-refractivity contribution in [2.24, 2.45) is 0 Å². The van der Waals surface area contributed by atoms with E-state index in [1.165, 1.54) is 24.0 Å². The average Bonchev–Trinajstić information content (AvgIpc) is 2.59. The maximum atomic E-state index is 12.6. The standard InChI is InChI=1S/C20H24BrNO2S/c1-2-20(18-11-10-16-7-3-4-8-17(16)13-18)22-25(23,24)14-15-6-5-9-19(21)12-15/h5-6,9-13,20,22H,2-4,7-8,14H2,1H3/t20-/m1/s1. The minimum Gasteiger partial charge on any atom is -0.212 e. The van der Waals surface area contributed by atoms with Gasteiger partial charge in [0.25, 0.3) is 0 Å². The first-order chi connectivity index (χ1) is 12.0. The summed E-state index contributed by atoms with van der Waals surface area (Å²) in [7, 11) is -3.40. The van der Waals surface area contributed by atoms with Crippen LogP contribution in [0.3, 0.4) is 0 Å². The number of aryl methyl sites for hydroxylation is 2. The molecule has 2 aromatic carbocycles. The van der Waals surface area contributed by atoms with Crippen molar-refractivity contribution >= 4 is 26.0 Å². The van der Waals surface area contributed by atoms with Crippen molar-refractivity contribution in [2.75, 3.05) is 0 Å². The average molecular weight is 422 g/mol. The predicted molar refractivity (Wildman–Crippen MR) is 106 cm³/mol. The molecule has 0 aliphatic heterocycles. The van der Waals surface area contributed by atoms with Crippen molar-refractivity contribution in [3.63, 3.8) is 0 Å². The van der Waals surface area contributed by atoms with Crippen LogP contribution in [-0.4, -0.2) is 8.42 Å². The molecule has 1 aliphatic carbocycles. The molecule has 0 saturated heterocycles. The highest BCUT2D eigenvalue weighted by Gasteiger charge is 2.20. The van der Waals surface area contributed by atoms with Gasteiger partial charge in [-0.25, -0.2) is 13.1 Å². The zero-order valence-electron chi connectivity index (χ0n) is 14.5. The van der Waals surface area contributed by atoms with Gasteiger partial charge in [0.2, 0.25) is 10.0 Å². The molecule has 0 bridgehead atoms. The summed E-state index contributed by atoms with van der Waals surface area (Å²) in [5, 5.41) is 0. The molecule has 25 heavy (non-hydrogen) atoms. The maximum absolute atomic E-state index is 12.6.